The number of nitrogens with zero attached hydrogens (tertiary/aromatic N) is 3. The molecular formula is C22H27N3O3. The van der Waals surface area contributed by atoms with Gasteiger partial charge in [0.25, 0.3) is 11.5 Å². The summed E-state index contributed by atoms with van der Waals surface area (Å²) < 4.78 is 7.22. The molecule has 0 atom stereocenters. The molecule has 0 aliphatic carbocycles. The van der Waals surface area contributed by atoms with Crippen LogP contribution in [0.1, 0.15) is 49.4 Å². The number of amides is 1. The fourth-order valence-corrected chi connectivity index (χ4v) is 3.33. The normalized spacial score (nSPS) is 11.5. The predicted molar refractivity (Wildman–Crippen MR) is 109 cm³/mol. The molecule has 148 valence electrons. The molecule has 1 aromatic carbocycles. The Kier molecular flexibility index (Phi) is 5.68. The Bertz CT molecular complexity index is 1030. The lowest BCUT2D eigenvalue weighted by atomic mass is 10.1. The summed E-state index contributed by atoms with van der Waals surface area (Å²) >= 11 is 0. The van der Waals surface area contributed by atoms with Gasteiger partial charge in [-0.1, -0.05) is 44.2 Å². The SMILES string of the molecule is Cc1oc2ncn(CC(C)C)c(=O)c2c1C(=O)N(Cc1ccccc1)C(C)C. The molecule has 2 aromatic heterocycles. The summed E-state index contributed by atoms with van der Waals surface area (Å²) in [6, 6.07) is 9.78. The highest BCUT2D eigenvalue weighted by Gasteiger charge is 2.28. The molecule has 0 saturated carbocycles. The number of rotatable bonds is 6. The van der Waals surface area contributed by atoms with Crippen molar-refractivity contribution in [3.05, 3.63) is 63.9 Å². The van der Waals surface area contributed by atoms with Gasteiger partial charge in [0.2, 0.25) is 5.71 Å². The number of fused-ring (bicyclic) bond motifs is 1. The van der Waals surface area contributed by atoms with Crippen LogP contribution in [-0.2, 0) is 13.1 Å². The first kappa shape index (κ1) is 19.9. The first-order valence-corrected chi connectivity index (χ1v) is 9.63. The Hall–Kier alpha value is -2.89. The summed E-state index contributed by atoms with van der Waals surface area (Å²) in [7, 11) is 0. The van der Waals surface area contributed by atoms with Gasteiger partial charge in [0.05, 0.1) is 5.56 Å². The molecule has 2 heterocycles. The molecule has 0 fully saturated rings. The second kappa shape index (κ2) is 8.00. The first-order chi connectivity index (χ1) is 13.3. The topological polar surface area (TPSA) is 68.3 Å². The minimum Gasteiger partial charge on any atom is -0.442 e. The van der Waals surface area contributed by atoms with Gasteiger partial charge in [-0.15, -0.1) is 0 Å². The second-order valence-corrected chi connectivity index (χ2v) is 7.82. The zero-order valence-corrected chi connectivity index (χ0v) is 17.1. The number of furan rings is 1. The van der Waals surface area contributed by atoms with Gasteiger partial charge in [0.15, 0.2) is 0 Å². The van der Waals surface area contributed by atoms with Crippen LogP contribution in [0.15, 0.2) is 45.9 Å². The fourth-order valence-electron chi connectivity index (χ4n) is 3.33. The summed E-state index contributed by atoms with van der Waals surface area (Å²) in [4.78, 5) is 32.5. The van der Waals surface area contributed by atoms with Crippen LogP contribution >= 0.6 is 0 Å². The zero-order valence-electron chi connectivity index (χ0n) is 17.1. The van der Waals surface area contributed by atoms with E-state index in [0.29, 0.717) is 24.4 Å². The van der Waals surface area contributed by atoms with Gasteiger partial charge in [-0.3, -0.25) is 14.2 Å². The van der Waals surface area contributed by atoms with E-state index in [1.807, 2.05) is 58.0 Å². The summed E-state index contributed by atoms with van der Waals surface area (Å²) in [5, 5.41) is 0.268. The standard InChI is InChI=1S/C22H27N3O3/c1-14(2)11-24-13-23-20-19(21(24)26)18(16(5)28-20)22(27)25(15(3)4)12-17-9-7-6-8-10-17/h6-10,13-15H,11-12H2,1-5H3. The summed E-state index contributed by atoms with van der Waals surface area (Å²) in [6.45, 7) is 10.7. The third kappa shape index (κ3) is 3.86. The van der Waals surface area contributed by atoms with Crippen LogP contribution in [0.2, 0.25) is 0 Å². The molecule has 3 rings (SSSR count). The van der Waals surface area contributed by atoms with Crippen molar-refractivity contribution in [2.24, 2.45) is 5.92 Å². The van der Waals surface area contributed by atoms with E-state index in [2.05, 4.69) is 4.98 Å². The molecule has 0 radical (unpaired) electrons. The van der Waals surface area contributed by atoms with Crippen molar-refractivity contribution in [3.8, 4) is 0 Å². The molecule has 28 heavy (non-hydrogen) atoms. The third-order valence-corrected chi connectivity index (χ3v) is 4.71. The molecule has 0 unspecified atom stereocenters. The van der Waals surface area contributed by atoms with Crippen molar-refractivity contribution in [1.29, 1.82) is 0 Å². The van der Waals surface area contributed by atoms with Crippen LogP contribution < -0.4 is 5.56 Å². The fraction of sp³-hybridized carbons (Fsp3) is 0.409. The molecule has 0 spiro atoms. The molecule has 0 aliphatic rings. The van der Waals surface area contributed by atoms with E-state index >= 15 is 0 Å². The first-order valence-electron chi connectivity index (χ1n) is 9.63. The Labute approximate surface area is 164 Å². The van der Waals surface area contributed by atoms with E-state index in [9.17, 15) is 9.59 Å². The number of carbonyl (C=O) groups excluding carboxylic acids is 1. The highest BCUT2D eigenvalue weighted by atomic mass is 16.3. The molecular weight excluding hydrogens is 354 g/mol. The van der Waals surface area contributed by atoms with Gasteiger partial charge in [0.1, 0.15) is 17.5 Å². The van der Waals surface area contributed by atoms with Gasteiger partial charge in [-0.25, -0.2) is 4.98 Å². The monoisotopic (exact) mass is 381 g/mol. The Morgan fingerprint density at radius 2 is 1.86 bits per heavy atom. The number of carbonyl (C=O) groups is 1. The van der Waals surface area contributed by atoms with Crippen molar-refractivity contribution >= 4 is 17.0 Å². The van der Waals surface area contributed by atoms with E-state index in [1.165, 1.54) is 6.33 Å². The lowest BCUT2D eigenvalue weighted by molar-refractivity contribution is 0.0690. The van der Waals surface area contributed by atoms with Gasteiger partial charge >= 0.3 is 0 Å². The molecule has 0 saturated heterocycles. The molecule has 1 amide bonds. The largest absolute Gasteiger partial charge is 0.442 e. The maximum Gasteiger partial charge on any atom is 0.265 e. The predicted octanol–water partition coefficient (Wildman–Crippen LogP) is 4.00. The van der Waals surface area contributed by atoms with Crippen LogP contribution in [0, 0.1) is 12.8 Å². The average Bonchev–Trinajstić information content (AvgIpc) is 2.98. The average molecular weight is 381 g/mol. The van der Waals surface area contributed by atoms with Crippen LogP contribution in [0.4, 0.5) is 0 Å². The summed E-state index contributed by atoms with van der Waals surface area (Å²) in [5.74, 6) is 0.497. The number of hydrogen-bond donors (Lipinski definition) is 0. The van der Waals surface area contributed by atoms with E-state index in [4.69, 9.17) is 4.42 Å². The van der Waals surface area contributed by atoms with Crippen LogP contribution in [-0.4, -0.2) is 26.4 Å². The Morgan fingerprint density at radius 1 is 1.18 bits per heavy atom. The Morgan fingerprint density at radius 3 is 2.46 bits per heavy atom. The van der Waals surface area contributed by atoms with Gasteiger partial charge in [-0.05, 0) is 32.3 Å². The highest BCUT2D eigenvalue weighted by molar-refractivity contribution is 6.06. The van der Waals surface area contributed by atoms with Crippen LogP contribution in [0.3, 0.4) is 0 Å². The third-order valence-electron chi connectivity index (χ3n) is 4.71. The lowest BCUT2D eigenvalue weighted by Crippen LogP contribution is -2.37. The number of aryl methyl sites for hydroxylation is 1. The van der Waals surface area contributed by atoms with Crippen molar-refractivity contribution in [2.75, 3.05) is 0 Å². The smallest absolute Gasteiger partial charge is 0.265 e. The second-order valence-electron chi connectivity index (χ2n) is 7.82. The van der Waals surface area contributed by atoms with Crippen LogP contribution in [0.25, 0.3) is 11.1 Å². The number of benzene rings is 1. The van der Waals surface area contributed by atoms with Crippen molar-refractivity contribution in [2.45, 2.75) is 53.8 Å². The number of aromatic nitrogens is 2. The minimum atomic E-state index is -0.234. The molecule has 0 bridgehead atoms. The molecule has 0 aliphatic heterocycles. The van der Waals surface area contributed by atoms with Gasteiger partial charge in [0, 0.05) is 19.1 Å². The van der Waals surface area contributed by atoms with E-state index in [0.717, 1.165) is 5.56 Å². The van der Waals surface area contributed by atoms with Crippen molar-refractivity contribution in [3.63, 3.8) is 0 Å². The summed E-state index contributed by atoms with van der Waals surface area (Å²) in [6.07, 6.45) is 1.49. The number of hydrogen-bond acceptors (Lipinski definition) is 4. The van der Waals surface area contributed by atoms with E-state index in [1.54, 1.807) is 16.4 Å². The molecule has 3 aromatic rings. The maximum atomic E-state index is 13.5. The van der Waals surface area contributed by atoms with Crippen molar-refractivity contribution in [1.82, 2.24) is 14.5 Å². The van der Waals surface area contributed by atoms with Gasteiger partial charge < -0.3 is 9.32 Å². The Balaban J connectivity index is 2.08. The van der Waals surface area contributed by atoms with Crippen molar-refractivity contribution < 1.29 is 9.21 Å². The quantitative estimate of drug-likeness (QED) is 0.647. The highest BCUT2D eigenvalue weighted by Crippen LogP contribution is 2.24. The van der Waals surface area contributed by atoms with E-state index < -0.39 is 0 Å². The zero-order chi connectivity index (χ0) is 20.4. The molecule has 6 nitrogen and oxygen atoms in total. The van der Waals surface area contributed by atoms with Gasteiger partial charge in [-0.2, -0.15) is 0 Å². The van der Waals surface area contributed by atoms with Crippen LogP contribution in [0.5, 0.6) is 0 Å². The summed E-state index contributed by atoms with van der Waals surface area (Å²) in [5.41, 5.74) is 1.33. The maximum absolute atomic E-state index is 13.5. The minimum absolute atomic E-state index is 0.0355. The lowest BCUT2D eigenvalue weighted by Gasteiger charge is -2.27. The molecule has 6 heteroatoms. The molecule has 0 N–H and O–H groups in total. The van der Waals surface area contributed by atoms with E-state index in [-0.39, 0.29) is 34.5 Å².